The Kier molecular flexibility index (Phi) is 7.20. The van der Waals surface area contributed by atoms with Crippen molar-refractivity contribution >= 4 is 69.8 Å². The normalized spacial score (nSPS) is 15.3. The van der Waals surface area contributed by atoms with E-state index in [1.807, 2.05) is 18.2 Å². The van der Waals surface area contributed by atoms with Crippen LogP contribution in [0.4, 0.5) is 11.4 Å². The van der Waals surface area contributed by atoms with E-state index in [1.165, 1.54) is 17.0 Å². The Morgan fingerprint density at radius 3 is 2.45 bits per heavy atom. The van der Waals surface area contributed by atoms with E-state index in [0.29, 0.717) is 22.0 Å². The number of anilines is 2. The van der Waals surface area contributed by atoms with Crippen molar-refractivity contribution < 1.29 is 14.3 Å². The average molecular weight is 478 g/mol. The van der Waals surface area contributed by atoms with Gasteiger partial charge in [-0.25, -0.2) is 0 Å². The molecule has 1 N–H and O–H groups in total. The molecule has 1 heterocycles. The lowest BCUT2D eigenvalue weighted by Gasteiger charge is -2.29. The summed E-state index contributed by atoms with van der Waals surface area (Å²) in [5.41, 5.74) is 1.82. The van der Waals surface area contributed by atoms with Crippen LogP contribution in [0.15, 0.2) is 42.0 Å². The van der Waals surface area contributed by atoms with Gasteiger partial charge in [0.05, 0.1) is 17.8 Å². The molecule has 0 atom stereocenters. The lowest BCUT2D eigenvalue weighted by atomic mass is 10.1. The molecule has 2 aromatic carbocycles. The summed E-state index contributed by atoms with van der Waals surface area (Å²) in [6.45, 7) is 5.82. The minimum Gasteiger partial charge on any atom is -0.496 e. The minimum atomic E-state index is -0.591. The van der Waals surface area contributed by atoms with E-state index in [4.69, 9.17) is 40.2 Å². The number of rotatable bonds is 6. The molecule has 1 aliphatic rings. The summed E-state index contributed by atoms with van der Waals surface area (Å²) >= 11 is 17.4. The van der Waals surface area contributed by atoms with Gasteiger partial charge in [0.2, 0.25) is 0 Å². The van der Waals surface area contributed by atoms with Gasteiger partial charge in [-0.15, -0.1) is 0 Å². The van der Waals surface area contributed by atoms with Gasteiger partial charge in [0, 0.05) is 35.4 Å². The number of carbonyl (C=O) groups excluding carboxylic acids is 2. The van der Waals surface area contributed by atoms with Crippen molar-refractivity contribution in [1.29, 1.82) is 0 Å². The lowest BCUT2D eigenvalue weighted by molar-refractivity contribution is -0.122. The largest absolute Gasteiger partial charge is 0.496 e. The van der Waals surface area contributed by atoms with E-state index in [1.54, 1.807) is 19.2 Å². The zero-order valence-corrected chi connectivity index (χ0v) is 19.6. The van der Waals surface area contributed by atoms with Crippen LogP contribution in [-0.4, -0.2) is 37.1 Å². The number of thiocarbonyl (C=S) groups is 1. The van der Waals surface area contributed by atoms with Crippen molar-refractivity contribution in [2.75, 3.05) is 30.0 Å². The first-order valence-corrected chi connectivity index (χ1v) is 10.8. The second kappa shape index (κ2) is 9.68. The monoisotopic (exact) mass is 477 g/mol. The van der Waals surface area contributed by atoms with Gasteiger partial charge >= 0.3 is 0 Å². The van der Waals surface area contributed by atoms with Gasteiger partial charge in [0.25, 0.3) is 11.8 Å². The summed E-state index contributed by atoms with van der Waals surface area (Å²) < 4.78 is 5.51. The smallest absolute Gasteiger partial charge is 0.270 e. The molecule has 6 nitrogen and oxygen atoms in total. The average Bonchev–Trinajstić information content (AvgIpc) is 2.74. The summed E-state index contributed by atoms with van der Waals surface area (Å²) in [6, 6.07) is 10.3. The molecule has 0 spiro atoms. The van der Waals surface area contributed by atoms with Crippen LogP contribution in [0.2, 0.25) is 10.0 Å². The summed E-state index contributed by atoms with van der Waals surface area (Å²) in [4.78, 5) is 29.2. The maximum atomic E-state index is 13.2. The molecule has 1 saturated heterocycles. The number of nitrogens with one attached hydrogen (secondary N) is 1. The third-order valence-corrected chi connectivity index (χ3v) is 5.72. The second-order valence-corrected chi connectivity index (χ2v) is 7.88. The first-order chi connectivity index (χ1) is 14.8. The van der Waals surface area contributed by atoms with E-state index in [9.17, 15) is 9.59 Å². The number of hydrogen-bond donors (Lipinski definition) is 1. The van der Waals surface area contributed by atoms with Crippen LogP contribution in [0.1, 0.15) is 19.4 Å². The quantitative estimate of drug-likeness (QED) is 0.371. The summed E-state index contributed by atoms with van der Waals surface area (Å²) in [7, 11) is 1.54. The van der Waals surface area contributed by atoms with Gasteiger partial charge in [-0.2, -0.15) is 0 Å². The van der Waals surface area contributed by atoms with E-state index < -0.39 is 11.8 Å². The Morgan fingerprint density at radius 2 is 1.84 bits per heavy atom. The third-order valence-electron chi connectivity index (χ3n) is 4.90. The zero-order valence-electron chi connectivity index (χ0n) is 17.2. The molecule has 0 aliphatic carbocycles. The highest BCUT2D eigenvalue weighted by Gasteiger charge is 2.35. The van der Waals surface area contributed by atoms with Crippen molar-refractivity contribution in [3.8, 4) is 5.75 Å². The molecule has 1 aliphatic heterocycles. The maximum Gasteiger partial charge on any atom is 0.270 e. The predicted octanol–water partition coefficient (Wildman–Crippen LogP) is 4.68. The fourth-order valence-corrected chi connectivity index (χ4v) is 4.07. The Hall–Kier alpha value is -2.61. The zero-order chi connectivity index (χ0) is 22.7. The molecule has 0 unspecified atom stereocenters. The van der Waals surface area contributed by atoms with Gasteiger partial charge in [0.1, 0.15) is 11.3 Å². The summed E-state index contributed by atoms with van der Waals surface area (Å²) in [5, 5.41) is 3.14. The molecule has 0 bridgehead atoms. The molecule has 0 radical (unpaired) electrons. The van der Waals surface area contributed by atoms with Gasteiger partial charge in [0.15, 0.2) is 5.11 Å². The van der Waals surface area contributed by atoms with Crippen LogP contribution in [0, 0.1) is 0 Å². The van der Waals surface area contributed by atoms with Crippen LogP contribution in [0.25, 0.3) is 6.08 Å². The van der Waals surface area contributed by atoms with E-state index in [0.717, 1.165) is 18.8 Å². The van der Waals surface area contributed by atoms with Crippen LogP contribution < -0.4 is 19.9 Å². The molecule has 162 valence electrons. The molecule has 2 amide bonds. The number of hydrogen-bond acceptors (Lipinski definition) is 5. The number of benzene rings is 2. The van der Waals surface area contributed by atoms with Gasteiger partial charge in [-0.3, -0.25) is 19.8 Å². The third kappa shape index (κ3) is 4.69. The molecule has 31 heavy (non-hydrogen) atoms. The van der Waals surface area contributed by atoms with Gasteiger partial charge < -0.3 is 9.64 Å². The molecule has 0 aromatic heterocycles. The Bertz CT molecular complexity index is 1080. The van der Waals surface area contributed by atoms with Crippen molar-refractivity contribution in [2.24, 2.45) is 0 Å². The van der Waals surface area contributed by atoms with Gasteiger partial charge in [-0.1, -0.05) is 23.2 Å². The molecular weight excluding hydrogens is 457 g/mol. The number of methoxy groups -OCH3 is 1. The molecular formula is C22H21Cl2N3O3S. The first kappa shape index (κ1) is 23.1. The van der Waals surface area contributed by atoms with Crippen molar-refractivity contribution in [1.82, 2.24) is 5.32 Å². The Labute approximate surface area is 196 Å². The summed E-state index contributed by atoms with van der Waals surface area (Å²) in [5.74, 6) is -0.638. The number of nitrogens with zero attached hydrogens (tertiary/aromatic N) is 2. The summed E-state index contributed by atoms with van der Waals surface area (Å²) in [6.07, 6.45) is 1.49. The number of carbonyl (C=O) groups is 2. The van der Waals surface area contributed by atoms with Gasteiger partial charge in [-0.05, 0) is 62.5 Å². The van der Waals surface area contributed by atoms with E-state index >= 15 is 0 Å². The van der Waals surface area contributed by atoms with Crippen LogP contribution in [0.5, 0.6) is 5.75 Å². The van der Waals surface area contributed by atoms with Crippen LogP contribution in [0.3, 0.4) is 0 Å². The minimum absolute atomic E-state index is 0.0554. The topological polar surface area (TPSA) is 61.9 Å². The number of halogens is 2. The number of ether oxygens (including phenoxy) is 1. The van der Waals surface area contributed by atoms with Crippen molar-refractivity contribution in [3.05, 3.63) is 57.6 Å². The van der Waals surface area contributed by atoms with Crippen LogP contribution in [-0.2, 0) is 9.59 Å². The molecule has 2 aromatic rings. The van der Waals surface area contributed by atoms with Crippen molar-refractivity contribution in [2.45, 2.75) is 13.8 Å². The van der Waals surface area contributed by atoms with E-state index in [-0.39, 0.29) is 15.7 Å². The van der Waals surface area contributed by atoms with Crippen molar-refractivity contribution in [3.63, 3.8) is 0 Å². The Balaban J connectivity index is 2.04. The molecule has 3 rings (SSSR count). The predicted molar refractivity (Wildman–Crippen MR) is 129 cm³/mol. The highest BCUT2D eigenvalue weighted by atomic mass is 35.5. The fourth-order valence-electron chi connectivity index (χ4n) is 3.30. The fraction of sp³-hybridized carbons (Fsp3) is 0.227. The maximum absolute atomic E-state index is 13.2. The lowest BCUT2D eigenvalue weighted by Crippen LogP contribution is -2.54. The highest BCUT2D eigenvalue weighted by Crippen LogP contribution is 2.33. The second-order valence-electron chi connectivity index (χ2n) is 6.65. The molecule has 1 fully saturated rings. The molecule has 9 heteroatoms. The van der Waals surface area contributed by atoms with E-state index in [2.05, 4.69) is 24.1 Å². The standard InChI is InChI=1S/C22H21Cl2N3O3S/c1-4-26(5-2)15-8-6-13(19(12-15)30-3)10-16-20(28)25-22(31)27(21(16)29)18-9-7-14(23)11-17(18)24/h6-12H,4-5H2,1-3H3,(H,25,28,31)/b16-10+. The number of amides is 2. The van der Waals surface area contributed by atoms with Crippen LogP contribution >= 0.6 is 35.4 Å². The SMILES string of the molecule is CCN(CC)c1ccc(/C=C2\C(=O)NC(=S)N(c3ccc(Cl)cc3Cl)C2=O)c(OC)c1. The molecule has 0 saturated carbocycles. The first-order valence-electron chi connectivity index (χ1n) is 9.60. The Morgan fingerprint density at radius 1 is 1.13 bits per heavy atom. The highest BCUT2D eigenvalue weighted by molar-refractivity contribution is 7.80.